The van der Waals surface area contributed by atoms with E-state index in [0.29, 0.717) is 18.4 Å². The number of Topliss-reactive ketones (excluding diaryl/α,β-unsaturated/α-hetero) is 1. The van der Waals surface area contributed by atoms with Crippen LogP contribution in [0.15, 0.2) is 24.3 Å². The van der Waals surface area contributed by atoms with Crippen LogP contribution in [0.1, 0.15) is 54.4 Å². The number of benzene rings is 1. The number of carbonyl (C=O) groups is 3. The summed E-state index contributed by atoms with van der Waals surface area (Å²) in [5.74, 6) is -1.23. The largest absolute Gasteiger partial charge is 0.456 e. The van der Waals surface area contributed by atoms with Crippen molar-refractivity contribution in [2.75, 3.05) is 6.61 Å². The number of ether oxygens (including phenoxy) is 1. The maximum atomic E-state index is 12.0. The summed E-state index contributed by atoms with van der Waals surface area (Å²) in [5.41, 5.74) is 0.776. The first kappa shape index (κ1) is 18.7. The summed E-state index contributed by atoms with van der Waals surface area (Å²) in [6.45, 7) is 1.50. The predicted octanol–water partition coefficient (Wildman–Crippen LogP) is 2.45. The second kappa shape index (κ2) is 8.43. The predicted molar refractivity (Wildman–Crippen MR) is 90.7 cm³/mol. The van der Waals surface area contributed by atoms with Crippen molar-refractivity contribution in [1.82, 2.24) is 5.32 Å². The van der Waals surface area contributed by atoms with E-state index in [1.165, 1.54) is 0 Å². The highest BCUT2D eigenvalue weighted by atomic mass is 16.5. The number of amides is 1. The molecule has 132 valence electrons. The van der Waals surface area contributed by atoms with Crippen LogP contribution < -0.4 is 5.32 Å². The molecule has 0 radical (unpaired) electrons. The lowest BCUT2D eigenvalue weighted by molar-refractivity contribution is -0.148. The van der Waals surface area contributed by atoms with E-state index in [0.717, 1.165) is 18.4 Å². The van der Waals surface area contributed by atoms with Crippen molar-refractivity contribution >= 4 is 17.7 Å². The van der Waals surface area contributed by atoms with Crippen molar-refractivity contribution in [2.45, 2.75) is 51.0 Å². The van der Waals surface area contributed by atoms with E-state index in [9.17, 15) is 19.6 Å². The quantitative estimate of drug-likeness (QED) is 0.606. The molecule has 25 heavy (non-hydrogen) atoms. The summed E-state index contributed by atoms with van der Waals surface area (Å²) in [6.07, 6.45) is 2.99. The van der Waals surface area contributed by atoms with Gasteiger partial charge in [0.1, 0.15) is 5.54 Å². The van der Waals surface area contributed by atoms with E-state index in [1.807, 2.05) is 19.1 Å². The minimum absolute atomic E-state index is 0.0334. The second-order valence-electron chi connectivity index (χ2n) is 6.40. The molecule has 0 saturated heterocycles. The molecule has 1 aliphatic carbocycles. The smallest absolute Gasteiger partial charge is 0.306 e. The average molecular weight is 342 g/mol. The number of nitrogens with zero attached hydrogens (tertiary/aromatic N) is 1. The summed E-state index contributed by atoms with van der Waals surface area (Å²) in [6, 6.07) is 9.26. The fourth-order valence-corrected chi connectivity index (χ4v) is 2.86. The Bertz CT molecular complexity index is 682. The second-order valence-corrected chi connectivity index (χ2v) is 6.40. The molecular formula is C19H22N2O4. The molecule has 6 heteroatoms. The molecule has 1 aromatic rings. The highest BCUT2D eigenvalue weighted by molar-refractivity contribution is 5.97. The molecule has 0 atom stereocenters. The van der Waals surface area contributed by atoms with Crippen LogP contribution in [0.5, 0.6) is 0 Å². The van der Waals surface area contributed by atoms with Crippen molar-refractivity contribution in [1.29, 1.82) is 5.26 Å². The Kier molecular flexibility index (Phi) is 6.29. The van der Waals surface area contributed by atoms with Crippen LogP contribution in [-0.4, -0.2) is 29.8 Å². The molecule has 2 rings (SSSR count). The summed E-state index contributed by atoms with van der Waals surface area (Å²) in [7, 11) is 0. The zero-order chi connectivity index (χ0) is 18.3. The monoisotopic (exact) mass is 342 g/mol. The molecule has 0 heterocycles. The zero-order valence-corrected chi connectivity index (χ0v) is 14.3. The van der Waals surface area contributed by atoms with Crippen LogP contribution in [0.25, 0.3) is 0 Å². The first-order valence-electron chi connectivity index (χ1n) is 8.42. The van der Waals surface area contributed by atoms with Gasteiger partial charge in [0.15, 0.2) is 12.4 Å². The number of carbonyl (C=O) groups excluding carboxylic acids is 3. The number of nitrogens with one attached hydrogen (secondary N) is 1. The van der Waals surface area contributed by atoms with Crippen molar-refractivity contribution in [3.8, 4) is 6.07 Å². The average Bonchev–Trinajstić information content (AvgIpc) is 3.07. The Morgan fingerprint density at radius 2 is 1.80 bits per heavy atom. The Morgan fingerprint density at radius 1 is 1.16 bits per heavy atom. The SMILES string of the molecule is Cc1ccc(C(=O)CCC(=O)OCC(=O)NC2(C#N)CCCC2)cc1. The van der Waals surface area contributed by atoms with Gasteiger partial charge in [-0.25, -0.2) is 0 Å². The lowest BCUT2D eigenvalue weighted by atomic mass is 10.00. The molecule has 6 nitrogen and oxygen atoms in total. The van der Waals surface area contributed by atoms with Gasteiger partial charge in [0, 0.05) is 12.0 Å². The van der Waals surface area contributed by atoms with E-state index in [1.54, 1.807) is 12.1 Å². The molecule has 1 amide bonds. The number of hydrogen-bond acceptors (Lipinski definition) is 5. The fourth-order valence-electron chi connectivity index (χ4n) is 2.86. The van der Waals surface area contributed by atoms with E-state index < -0.39 is 24.0 Å². The third kappa shape index (κ3) is 5.42. The molecule has 1 saturated carbocycles. The Balaban J connectivity index is 1.71. The van der Waals surface area contributed by atoms with Crippen molar-refractivity contribution in [2.24, 2.45) is 0 Å². The lowest BCUT2D eigenvalue weighted by Crippen LogP contribution is -2.46. The van der Waals surface area contributed by atoms with Crippen LogP contribution >= 0.6 is 0 Å². The summed E-state index contributed by atoms with van der Waals surface area (Å²) in [4.78, 5) is 35.5. The van der Waals surface area contributed by atoms with Crippen LogP contribution in [0.2, 0.25) is 0 Å². The van der Waals surface area contributed by atoms with E-state index in [2.05, 4.69) is 11.4 Å². The van der Waals surface area contributed by atoms with Gasteiger partial charge in [-0.3, -0.25) is 14.4 Å². The van der Waals surface area contributed by atoms with Gasteiger partial charge in [0.05, 0.1) is 12.5 Å². The van der Waals surface area contributed by atoms with Crippen molar-refractivity contribution in [3.05, 3.63) is 35.4 Å². The summed E-state index contributed by atoms with van der Waals surface area (Å²) >= 11 is 0. The van der Waals surface area contributed by atoms with Crippen molar-refractivity contribution in [3.63, 3.8) is 0 Å². The minimum atomic E-state index is -0.828. The Hall–Kier alpha value is -2.68. The number of nitriles is 1. The minimum Gasteiger partial charge on any atom is -0.456 e. The number of rotatable bonds is 7. The van der Waals surface area contributed by atoms with Crippen molar-refractivity contribution < 1.29 is 19.1 Å². The molecule has 0 bridgehead atoms. The van der Waals surface area contributed by atoms with Crippen LogP contribution in [0.3, 0.4) is 0 Å². The van der Waals surface area contributed by atoms with E-state index in [4.69, 9.17) is 4.74 Å². The number of esters is 1. The van der Waals surface area contributed by atoms with E-state index >= 15 is 0 Å². The Labute approximate surface area is 147 Å². The molecule has 0 aromatic heterocycles. The molecule has 1 aromatic carbocycles. The fraction of sp³-hybridized carbons (Fsp3) is 0.474. The van der Waals surface area contributed by atoms with Gasteiger partial charge in [-0.1, -0.05) is 29.8 Å². The van der Waals surface area contributed by atoms with Gasteiger partial charge >= 0.3 is 5.97 Å². The normalized spacial score (nSPS) is 15.2. The molecule has 0 unspecified atom stereocenters. The third-order valence-electron chi connectivity index (χ3n) is 4.34. The highest BCUT2D eigenvalue weighted by Gasteiger charge is 2.35. The number of hydrogen-bond donors (Lipinski definition) is 1. The van der Waals surface area contributed by atoms with E-state index in [-0.39, 0.29) is 18.6 Å². The standard InChI is InChI=1S/C19H22N2O4/c1-14-4-6-15(7-5-14)16(22)8-9-18(24)25-12-17(23)21-19(13-20)10-2-3-11-19/h4-7H,2-3,8-12H2,1H3,(H,21,23). The molecule has 0 aliphatic heterocycles. The zero-order valence-electron chi connectivity index (χ0n) is 14.3. The van der Waals surface area contributed by atoms with Crippen LogP contribution in [0.4, 0.5) is 0 Å². The molecular weight excluding hydrogens is 320 g/mol. The van der Waals surface area contributed by atoms with Gasteiger partial charge in [0.25, 0.3) is 5.91 Å². The maximum Gasteiger partial charge on any atom is 0.306 e. The van der Waals surface area contributed by atoms with Gasteiger partial charge in [-0.2, -0.15) is 5.26 Å². The molecule has 1 aliphatic rings. The third-order valence-corrected chi connectivity index (χ3v) is 4.34. The topological polar surface area (TPSA) is 96.3 Å². The molecule has 1 N–H and O–H groups in total. The first-order valence-corrected chi connectivity index (χ1v) is 8.42. The maximum absolute atomic E-state index is 12.0. The first-order chi connectivity index (χ1) is 11.9. The summed E-state index contributed by atoms with van der Waals surface area (Å²) < 4.78 is 4.90. The van der Waals surface area contributed by atoms with Crippen LogP contribution in [0, 0.1) is 18.3 Å². The van der Waals surface area contributed by atoms with Gasteiger partial charge in [-0.05, 0) is 32.6 Å². The lowest BCUT2D eigenvalue weighted by Gasteiger charge is -2.21. The molecule has 1 fully saturated rings. The van der Waals surface area contributed by atoms with Gasteiger partial charge < -0.3 is 10.1 Å². The highest BCUT2D eigenvalue weighted by Crippen LogP contribution is 2.28. The van der Waals surface area contributed by atoms with Gasteiger partial charge in [0.2, 0.25) is 0 Å². The van der Waals surface area contributed by atoms with Gasteiger partial charge in [-0.15, -0.1) is 0 Å². The van der Waals surface area contributed by atoms with Crippen LogP contribution in [-0.2, 0) is 14.3 Å². The number of aryl methyl sites for hydroxylation is 1. The number of ketones is 1. The summed E-state index contributed by atoms with van der Waals surface area (Å²) in [5, 5.41) is 11.9. The Morgan fingerprint density at radius 3 is 2.40 bits per heavy atom. The molecule has 0 spiro atoms.